The van der Waals surface area contributed by atoms with E-state index in [9.17, 15) is 9.90 Å². The van der Waals surface area contributed by atoms with Crippen LogP contribution in [0.15, 0.2) is 53.5 Å². The van der Waals surface area contributed by atoms with Crippen molar-refractivity contribution in [2.24, 2.45) is 0 Å². The van der Waals surface area contributed by atoms with Gasteiger partial charge in [-0.3, -0.25) is 9.20 Å². The fourth-order valence-corrected chi connectivity index (χ4v) is 2.27. The topological polar surface area (TPSA) is 66.6 Å². The summed E-state index contributed by atoms with van der Waals surface area (Å²) in [5.74, 6) is 0.690. The Bertz CT molecular complexity index is 856. The molecule has 0 fully saturated rings. The van der Waals surface area contributed by atoms with E-state index in [4.69, 9.17) is 0 Å². The maximum Gasteiger partial charge on any atom is 0.263 e. The van der Waals surface area contributed by atoms with Gasteiger partial charge in [-0.25, -0.2) is 4.98 Å². The highest BCUT2D eigenvalue weighted by Gasteiger charge is 2.11. The van der Waals surface area contributed by atoms with Gasteiger partial charge in [0, 0.05) is 18.0 Å². The molecule has 0 bridgehead atoms. The molecule has 0 atom stereocenters. The number of nitrogens with one attached hydrogen (secondary N) is 1. The third-order valence-corrected chi connectivity index (χ3v) is 3.29. The summed E-state index contributed by atoms with van der Waals surface area (Å²) in [6.45, 7) is 1.92. The van der Waals surface area contributed by atoms with Crippen LogP contribution < -0.4 is 10.9 Å². The van der Waals surface area contributed by atoms with Crippen molar-refractivity contribution >= 4 is 17.2 Å². The van der Waals surface area contributed by atoms with Gasteiger partial charge in [-0.05, 0) is 30.7 Å². The molecular weight excluding hydrogens is 266 g/mol. The van der Waals surface area contributed by atoms with E-state index >= 15 is 0 Å². The average Bonchev–Trinajstić information content (AvgIpc) is 2.48. The molecule has 0 radical (unpaired) electrons. The van der Waals surface area contributed by atoms with Gasteiger partial charge >= 0.3 is 0 Å². The SMILES string of the molecule is CCc1c(Nc2cccc(O)c2)nc2ccccn2c1=O. The second kappa shape index (κ2) is 5.28. The molecule has 0 amide bonds. The van der Waals surface area contributed by atoms with Gasteiger partial charge in [-0.15, -0.1) is 0 Å². The number of benzene rings is 1. The Balaban J connectivity index is 2.15. The molecule has 21 heavy (non-hydrogen) atoms. The minimum Gasteiger partial charge on any atom is -0.508 e. The summed E-state index contributed by atoms with van der Waals surface area (Å²) < 4.78 is 1.53. The summed E-state index contributed by atoms with van der Waals surface area (Å²) in [7, 11) is 0. The van der Waals surface area contributed by atoms with Crippen LogP contribution in [0, 0.1) is 0 Å². The van der Waals surface area contributed by atoms with Gasteiger partial charge in [0.15, 0.2) is 0 Å². The Morgan fingerprint density at radius 1 is 1.24 bits per heavy atom. The molecule has 0 aliphatic rings. The van der Waals surface area contributed by atoms with Crippen LogP contribution in [0.5, 0.6) is 5.75 Å². The first-order valence-electron chi connectivity index (χ1n) is 6.75. The molecule has 2 heterocycles. The van der Waals surface area contributed by atoms with Gasteiger partial charge in [-0.1, -0.05) is 19.1 Å². The van der Waals surface area contributed by atoms with Crippen molar-refractivity contribution in [3.8, 4) is 5.75 Å². The molecule has 5 heteroatoms. The summed E-state index contributed by atoms with van der Waals surface area (Å²) >= 11 is 0. The van der Waals surface area contributed by atoms with Crippen molar-refractivity contribution < 1.29 is 5.11 Å². The lowest BCUT2D eigenvalue weighted by Crippen LogP contribution is -2.21. The van der Waals surface area contributed by atoms with Crippen LogP contribution in [0.4, 0.5) is 11.5 Å². The fraction of sp³-hybridized carbons (Fsp3) is 0.125. The second-order valence-corrected chi connectivity index (χ2v) is 4.70. The van der Waals surface area contributed by atoms with Crippen LogP contribution in [-0.2, 0) is 6.42 Å². The molecule has 0 aliphatic carbocycles. The lowest BCUT2D eigenvalue weighted by atomic mass is 10.2. The normalized spacial score (nSPS) is 10.7. The third kappa shape index (κ3) is 2.45. The largest absolute Gasteiger partial charge is 0.508 e. The summed E-state index contributed by atoms with van der Waals surface area (Å²) in [6.07, 6.45) is 2.28. The molecule has 5 nitrogen and oxygen atoms in total. The predicted octanol–water partition coefficient (Wildman–Crippen LogP) is 2.71. The van der Waals surface area contributed by atoms with Crippen molar-refractivity contribution in [1.29, 1.82) is 0 Å². The lowest BCUT2D eigenvalue weighted by Gasteiger charge is -2.11. The monoisotopic (exact) mass is 281 g/mol. The van der Waals surface area contributed by atoms with Crippen molar-refractivity contribution in [3.05, 3.63) is 64.6 Å². The van der Waals surface area contributed by atoms with E-state index in [1.165, 1.54) is 4.40 Å². The number of phenols is 1. The molecule has 0 aliphatic heterocycles. The predicted molar refractivity (Wildman–Crippen MR) is 82.2 cm³/mol. The highest BCUT2D eigenvalue weighted by Crippen LogP contribution is 2.21. The lowest BCUT2D eigenvalue weighted by molar-refractivity contribution is 0.475. The van der Waals surface area contributed by atoms with Crippen LogP contribution >= 0.6 is 0 Å². The molecule has 2 aromatic heterocycles. The molecule has 0 spiro atoms. The molecule has 1 aromatic carbocycles. The van der Waals surface area contributed by atoms with Crippen LogP contribution in [0.1, 0.15) is 12.5 Å². The van der Waals surface area contributed by atoms with Crippen molar-refractivity contribution in [2.45, 2.75) is 13.3 Å². The standard InChI is InChI=1S/C16H15N3O2/c1-2-13-15(17-11-6-5-7-12(20)10-11)18-14-8-3-4-9-19(14)16(13)21/h3-10,17,20H,2H2,1H3. The minimum atomic E-state index is -0.0780. The molecular formula is C16H15N3O2. The summed E-state index contributed by atoms with van der Waals surface area (Å²) in [5.41, 5.74) is 1.81. The van der Waals surface area contributed by atoms with Gasteiger partial charge in [0.05, 0.1) is 5.56 Å². The number of aromatic nitrogens is 2. The zero-order valence-corrected chi connectivity index (χ0v) is 11.6. The third-order valence-electron chi connectivity index (χ3n) is 3.29. The van der Waals surface area contributed by atoms with Gasteiger partial charge in [0.2, 0.25) is 0 Å². The highest BCUT2D eigenvalue weighted by atomic mass is 16.3. The number of phenolic OH excluding ortho intramolecular Hbond substituents is 1. The smallest absolute Gasteiger partial charge is 0.263 e. The molecule has 106 valence electrons. The van der Waals surface area contributed by atoms with E-state index in [2.05, 4.69) is 10.3 Å². The first-order chi connectivity index (χ1) is 10.2. The molecule has 3 rings (SSSR count). The van der Waals surface area contributed by atoms with Crippen molar-refractivity contribution in [1.82, 2.24) is 9.38 Å². The molecule has 3 aromatic rings. The van der Waals surface area contributed by atoms with Crippen LogP contribution in [0.2, 0.25) is 0 Å². The van der Waals surface area contributed by atoms with E-state index in [1.54, 1.807) is 36.5 Å². The van der Waals surface area contributed by atoms with E-state index in [1.807, 2.05) is 19.1 Å². The minimum absolute atomic E-state index is 0.0780. The number of fused-ring (bicyclic) bond motifs is 1. The quantitative estimate of drug-likeness (QED) is 0.774. The van der Waals surface area contributed by atoms with Gasteiger partial charge in [-0.2, -0.15) is 0 Å². The highest BCUT2D eigenvalue weighted by molar-refractivity contribution is 5.62. The molecule has 2 N–H and O–H groups in total. The van der Waals surface area contributed by atoms with Crippen molar-refractivity contribution in [3.63, 3.8) is 0 Å². The maximum absolute atomic E-state index is 12.5. The molecule has 0 saturated heterocycles. The Morgan fingerprint density at radius 3 is 2.86 bits per heavy atom. The second-order valence-electron chi connectivity index (χ2n) is 4.70. The number of pyridine rings is 1. The zero-order chi connectivity index (χ0) is 14.8. The van der Waals surface area contributed by atoms with Crippen molar-refractivity contribution in [2.75, 3.05) is 5.32 Å². The molecule has 0 unspecified atom stereocenters. The molecule has 0 saturated carbocycles. The Labute approximate surface area is 121 Å². The van der Waals surface area contributed by atoms with Gasteiger partial charge in [0.25, 0.3) is 5.56 Å². The number of anilines is 2. The van der Waals surface area contributed by atoms with Gasteiger partial charge in [0.1, 0.15) is 17.2 Å². The Hall–Kier alpha value is -2.82. The Kier molecular flexibility index (Phi) is 3.31. The van der Waals surface area contributed by atoms with E-state index in [0.717, 1.165) is 0 Å². The van der Waals surface area contributed by atoms with Gasteiger partial charge < -0.3 is 10.4 Å². The number of aromatic hydroxyl groups is 1. The zero-order valence-electron chi connectivity index (χ0n) is 11.6. The van der Waals surface area contributed by atoms with Crippen LogP contribution in [0.25, 0.3) is 5.65 Å². The van der Waals surface area contributed by atoms with E-state index < -0.39 is 0 Å². The maximum atomic E-state index is 12.5. The van der Waals surface area contributed by atoms with E-state index in [0.29, 0.717) is 29.1 Å². The number of rotatable bonds is 3. The summed E-state index contributed by atoms with van der Waals surface area (Å²) in [4.78, 5) is 17.0. The van der Waals surface area contributed by atoms with E-state index in [-0.39, 0.29) is 11.3 Å². The first kappa shape index (κ1) is 13.2. The number of hydrogen-bond acceptors (Lipinski definition) is 4. The number of nitrogens with zero attached hydrogens (tertiary/aromatic N) is 2. The summed E-state index contributed by atoms with van der Waals surface area (Å²) in [6, 6.07) is 12.2. The van der Waals surface area contributed by atoms with Crippen LogP contribution in [-0.4, -0.2) is 14.5 Å². The van der Waals surface area contributed by atoms with Crippen LogP contribution in [0.3, 0.4) is 0 Å². The summed E-state index contributed by atoms with van der Waals surface area (Å²) in [5, 5.41) is 12.6. The average molecular weight is 281 g/mol. The number of hydrogen-bond donors (Lipinski definition) is 2. The Morgan fingerprint density at radius 2 is 2.10 bits per heavy atom. The fourth-order valence-electron chi connectivity index (χ4n) is 2.27. The first-order valence-corrected chi connectivity index (χ1v) is 6.75.